The highest BCUT2D eigenvalue weighted by Gasteiger charge is 2.02. The maximum Gasteiger partial charge on any atom is 0.221 e. The van der Waals surface area contributed by atoms with E-state index in [1.807, 2.05) is 4.57 Å². The van der Waals surface area contributed by atoms with E-state index in [0.29, 0.717) is 6.61 Å². The Bertz CT molecular complexity index is 666. The molecule has 1 aromatic heterocycles. The van der Waals surface area contributed by atoms with Crippen LogP contribution in [0.4, 0.5) is 5.69 Å². The largest absolute Gasteiger partial charge is 0.545 e. The smallest absolute Gasteiger partial charge is 0.221 e. The maximum absolute atomic E-state index is 10.9. The number of hydrogen-bond donors (Lipinski definition) is 1. The first-order chi connectivity index (χ1) is 11.0. The molecule has 2 rings (SSSR count). The van der Waals surface area contributed by atoms with E-state index in [-0.39, 0.29) is 11.5 Å². The fourth-order valence-electron chi connectivity index (χ4n) is 2.02. The zero-order valence-corrected chi connectivity index (χ0v) is 12.8. The highest BCUT2D eigenvalue weighted by atomic mass is 16.5. The molecule has 1 heterocycles. The molecule has 0 bridgehead atoms. The molecule has 0 aliphatic carbocycles. The molecule has 1 N–H and O–H groups in total. The van der Waals surface area contributed by atoms with E-state index in [4.69, 9.17) is 4.74 Å². The number of benzene rings is 1. The minimum atomic E-state index is -1.18. The molecule has 1 aromatic carbocycles. The van der Waals surface area contributed by atoms with Gasteiger partial charge in [0.1, 0.15) is 5.75 Å². The fourth-order valence-corrected chi connectivity index (χ4v) is 2.02. The lowest BCUT2D eigenvalue weighted by atomic mass is 10.3. The van der Waals surface area contributed by atoms with E-state index in [0.717, 1.165) is 24.4 Å². The Kier molecular flexibility index (Phi) is 5.68. The van der Waals surface area contributed by atoms with E-state index >= 15 is 0 Å². The predicted molar refractivity (Wildman–Crippen MR) is 81.8 cm³/mol. The zero-order chi connectivity index (χ0) is 16.7. The van der Waals surface area contributed by atoms with E-state index < -0.39 is 5.97 Å². The van der Waals surface area contributed by atoms with Gasteiger partial charge in [-0.1, -0.05) is 0 Å². The number of anilines is 1. The summed E-state index contributed by atoms with van der Waals surface area (Å²) in [6.07, 6.45) is 4.18. The second kappa shape index (κ2) is 7.93. The van der Waals surface area contributed by atoms with Gasteiger partial charge in [-0.25, -0.2) is 4.57 Å². The van der Waals surface area contributed by atoms with Gasteiger partial charge in [-0.2, -0.15) is 0 Å². The SMILES string of the molecule is CC(=O)Nc1ccc(OCCC[n+]2ccc(C(=O)[O-])cc2)cc1. The summed E-state index contributed by atoms with van der Waals surface area (Å²) in [5.41, 5.74) is 0.894. The molecule has 6 heteroatoms. The van der Waals surface area contributed by atoms with Crippen LogP contribution in [0.2, 0.25) is 0 Å². The number of hydrogen-bond acceptors (Lipinski definition) is 4. The van der Waals surface area contributed by atoms with Gasteiger partial charge in [0.2, 0.25) is 5.91 Å². The minimum Gasteiger partial charge on any atom is -0.545 e. The molecule has 6 nitrogen and oxygen atoms in total. The molecule has 120 valence electrons. The van der Waals surface area contributed by atoms with Crippen LogP contribution in [-0.4, -0.2) is 18.5 Å². The molecule has 0 saturated heterocycles. The lowest BCUT2D eigenvalue weighted by molar-refractivity contribution is -0.697. The molecule has 0 fully saturated rings. The van der Waals surface area contributed by atoms with Crippen LogP contribution in [0.25, 0.3) is 0 Å². The molecule has 0 atom stereocenters. The van der Waals surface area contributed by atoms with Crippen molar-refractivity contribution in [1.82, 2.24) is 0 Å². The van der Waals surface area contributed by atoms with Gasteiger partial charge in [-0.3, -0.25) is 4.79 Å². The number of aromatic nitrogens is 1. The average molecular weight is 314 g/mol. The van der Waals surface area contributed by atoms with Gasteiger partial charge in [0.05, 0.1) is 12.6 Å². The Morgan fingerprint density at radius 3 is 2.35 bits per heavy atom. The molecule has 0 unspecified atom stereocenters. The van der Waals surface area contributed by atoms with Gasteiger partial charge in [0.25, 0.3) is 0 Å². The summed E-state index contributed by atoms with van der Waals surface area (Å²) in [6, 6.07) is 10.2. The number of nitrogens with one attached hydrogen (secondary N) is 1. The highest BCUT2D eigenvalue weighted by molar-refractivity contribution is 5.88. The van der Waals surface area contributed by atoms with Gasteiger partial charge in [0, 0.05) is 36.7 Å². The van der Waals surface area contributed by atoms with Crippen molar-refractivity contribution in [2.24, 2.45) is 0 Å². The molecule has 1 amide bonds. The summed E-state index contributed by atoms with van der Waals surface area (Å²) in [7, 11) is 0. The topological polar surface area (TPSA) is 82.3 Å². The van der Waals surface area contributed by atoms with E-state index in [2.05, 4.69) is 5.32 Å². The van der Waals surface area contributed by atoms with Crippen molar-refractivity contribution in [2.45, 2.75) is 19.9 Å². The van der Waals surface area contributed by atoms with Crippen LogP contribution in [0, 0.1) is 0 Å². The van der Waals surface area contributed by atoms with Crippen molar-refractivity contribution in [3.05, 3.63) is 54.4 Å². The highest BCUT2D eigenvalue weighted by Crippen LogP contribution is 2.15. The summed E-state index contributed by atoms with van der Waals surface area (Å²) in [5, 5.41) is 13.3. The molecule has 0 aliphatic rings. The third kappa shape index (κ3) is 5.43. The lowest BCUT2D eigenvalue weighted by Crippen LogP contribution is -2.34. The number of aryl methyl sites for hydroxylation is 1. The summed E-state index contributed by atoms with van der Waals surface area (Å²) >= 11 is 0. The van der Waals surface area contributed by atoms with Crippen molar-refractivity contribution >= 4 is 17.6 Å². The van der Waals surface area contributed by atoms with E-state index in [1.54, 1.807) is 36.7 Å². The number of ether oxygens (including phenoxy) is 1. The van der Waals surface area contributed by atoms with Crippen LogP contribution in [0.15, 0.2) is 48.8 Å². The Labute approximate surface area is 134 Å². The van der Waals surface area contributed by atoms with Gasteiger partial charge in [-0.15, -0.1) is 0 Å². The monoisotopic (exact) mass is 314 g/mol. The first-order valence-corrected chi connectivity index (χ1v) is 7.25. The maximum atomic E-state index is 10.9. The summed E-state index contributed by atoms with van der Waals surface area (Å²) in [4.78, 5) is 21.6. The Morgan fingerprint density at radius 1 is 1.13 bits per heavy atom. The van der Waals surface area contributed by atoms with Crippen LogP contribution in [0.1, 0.15) is 23.7 Å². The Hall–Kier alpha value is -2.89. The standard InChI is InChI=1S/C17H18N2O4/c1-13(20)18-15-3-5-16(6-4-15)23-12-2-9-19-10-7-14(8-11-19)17(21)22/h3-8,10-11H,2,9,12H2,1H3,(H-,18,20,21,22). The number of rotatable bonds is 7. The number of carboxylic acid groups (broad SMARTS) is 1. The third-order valence-corrected chi connectivity index (χ3v) is 3.13. The summed E-state index contributed by atoms with van der Waals surface area (Å²) in [6.45, 7) is 2.72. The normalized spacial score (nSPS) is 10.1. The van der Waals surface area contributed by atoms with E-state index in [9.17, 15) is 14.7 Å². The second-order valence-electron chi connectivity index (χ2n) is 5.02. The Balaban J connectivity index is 1.74. The third-order valence-electron chi connectivity index (χ3n) is 3.13. The minimum absolute atomic E-state index is 0.111. The van der Waals surface area contributed by atoms with Crippen molar-refractivity contribution in [2.75, 3.05) is 11.9 Å². The number of pyridine rings is 1. The molecular weight excluding hydrogens is 296 g/mol. The van der Waals surface area contributed by atoms with E-state index in [1.165, 1.54) is 19.1 Å². The van der Waals surface area contributed by atoms with Crippen molar-refractivity contribution in [1.29, 1.82) is 0 Å². The quantitative estimate of drug-likeness (QED) is 0.604. The lowest BCUT2D eigenvalue weighted by Gasteiger charge is -2.07. The fraction of sp³-hybridized carbons (Fsp3) is 0.235. The van der Waals surface area contributed by atoms with Gasteiger partial charge in [0.15, 0.2) is 18.9 Å². The number of carbonyl (C=O) groups excluding carboxylic acids is 2. The first-order valence-electron chi connectivity index (χ1n) is 7.25. The van der Waals surface area contributed by atoms with Crippen molar-refractivity contribution in [3.63, 3.8) is 0 Å². The van der Waals surface area contributed by atoms with Gasteiger partial charge in [-0.05, 0) is 24.3 Å². The van der Waals surface area contributed by atoms with Crippen molar-refractivity contribution < 1.29 is 24.0 Å². The summed E-state index contributed by atoms with van der Waals surface area (Å²) < 4.78 is 7.50. The first kappa shape index (κ1) is 16.5. The average Bonchev–Trinajstić information content (AvgIpc) is 2.53. The number of carbonyl (C=O) groups is 2. The molecule has 2 aromatic rings. The van der Waals surface area contributed by atoms with Crippen LogP contribution < -0.4 is 19.7 Å². The van der Waals surface area contributed by atoms with Crippen LogP contribution in [0.5, 0.6) is 5.75 Å². The number of nitrogens with zero attached hydrogens (tertiary/aromatic N) is 1. The molecule has 23 heavy (non-hydrogen) atoms. The molecule has 0 radical (unpaired) electrons. The van der Waals surface area contributed by atoms with Crippen molar-refractivity contribution in [3.8, 4) is 5.75 Å². The molecule has 0 spiro atoms. The van der Waals surface area contributed by atoms with Crippen LogP contribution in [-0.2, 0) is 11.3 Å². The second-order valence-corrected chi connectivity index (χ2v) is 5.02. The number of carboxylic acids is 1. The van der Waals surface area contributed by atoms with Crippen LogP contribution >= 0.6 is 0 Å². The van der Waals surface area contributed by atoms with Gasteiger partial charge < -0.3 is 20.0 Å². The summed E-state index contributed by atoms with van der Waals surface area (Å²) in [5.74, 6) is -0.556. The number of amides is 1. The number of aromatic carboxylic acids is 1. The zero-order valence-electron chi connectivity index (χ0n) is 12.8. The predicted octanol–water partition coefficient (Wildman–Crippen LogP) is 0.765. The molecule has 0 aliphatic heterocycles. The van der Waals surface area contributed by atoms with Gasteiger partial charge >= 0.3 is 0 Å². The molecule has 0 saturated carbocycles. The Morgan fingerprint density at radius 2 is 1.78 bits per heavy atom. The molecular formula is C17H18N2O4. The van der Waals surface area contributed by atoms with Crippen LogP contribution in [0.3, 0.4) is 0 Å².